The first kappa shape index (κ1) is 20.0. The number of alkyl carbamates (subject to hydrolysis) is 1. The first-order valence-electron chi connectivity index (χ1n) is 9.33. The van der Waals surface area contributed by atoms with E-state index in [0.717, 1.165) is 39.0 Å². The van der Waals surface area contributed by atoms with E-state index < -0.39 is 11.7 Å². The second-order valence-electron chi connectivity index (χ2n) is 7.91. The molecule has 0 radical (unpaired) electrons. The molecule has 0 unspecified atom stereocenters. The van der Waals surface area contributed by atoms with E-state index in [-0.39, 0.29) is 0 Å². The first-order valence-corrected chi connectivity index (χ1v) is 9.33. The molecule has 1 N–H and O–H groups in total. The van der Waals surface area contributed by atoms with Gasteiger partial charge in [-0.1, -0.05) is 18.2 Å². The van der Waals surface area contributed by atoms with Gasteiger partial charge in [-0.15, -0.1) is 0 Å². The van der Waals surface area contributed by atoms with Gasteiger partial charge in [-0.2, -0.15) is 0 Å². The Morgan fingerprint density at radius 2 is 1.89 bits per heavy atom. The third-order valence-corrected chi connectivity index (χ3v) is 4.18. The quantitative estimate of drug-likeness (QED) is 0.627. The zero-order chi connectivity index (χ0) is 20.3. The maximum Gasteiger partial charge on any atom is 0.407 e. The Balaban J connectivity index is 1.88. The fourth-order valence-electron chi connectivity index (χ4n) is 3.15. The minimum Gasteiger partial charge on any atom is -0.461 e. The van der Waals surface area contributed by atoms with Crippen LogP contribution in [0.25, 0.3) is 22.1 Å². The molecule has 1 heterocycles. The van der Waals surface area contributed by atoms with E-state index in [1.165, 1.54) is 0 Å². The molecular formula is C23H27NO4. The number of carbonyl (C=O) groups is 1. The molecule has 0 saturated heterocycles. The van der Waals surface area contributed by atoms with E-state index in [2.05, 4.69) is 23.5 Å². The standard InChI is InChI=1S/C23H27NO4/c1-15-9-19-11-17(14-26-5)12-20(21(19)27-15)18-8-6-7-16(10-18)13-24-22(25)28-23(2,3)4/h6-12H,13-14H2,1-5H3,(H,24,25). The summed E-state index contributed by atoms with van der Waals surface area (Å²) in [4.78, 5) is 11.9. The minimum absolute atomic E-state index is 0.390. The van der Waals surface area contributed by atoms with E-state index in [1.54, 1.807) is 7.11 Å². The summed E-state index contributed by atoms with van der Waals surface area (Å²) in [5, 5.41) is 3.86. The molecule has 0 saturated carbocycles. The van der Waals surface area contributed by atoms with Crippen LogP contribution in [0.15, 0.2) is 46.9 Å². The van der Waals surface area contributed by atoms with Crippen LogP contribution in [-0.4, -0.2) is 18.8 Å². The highest BCUT2D eigenvalue weighted by atomic mass is 16.6. The van der Waals surface area contributed by atoms with Gasteiger partial charge in [0.15, 0.2) is 0 Å². The molecule has 3 rings (SSSR count). The molecule has 0 spiro atoms. The van der Waals surface area contributed by atoms with Gasteiger partial charge in [0, 0.05) is 24.6 Å². The van der Waals surface area contributed by atoms with Crippen LogP contribution in [0.4, 0.5) is 4.79 Å². The van der Waals surface area contributed by atoms with Gasteiger partial charge in [0.2, 0.25) is 0 Å². The van der Waals surface area contributed by atoms with E-state index >= 15 is 0 Å². The van der Waals surface area contributed by atoms with E-state index in [0.29, 0.717) is 13.2 Å². The molecule has 0 aliphatic carbocycles. The Hall–Kier alpha value is -2.79. The summed E-state index contributed by atoms with van der Waals surface area (Å²) in [6, 6.07) is 14.3. The lowest BCUT2D eigenvalue weighted by Crippen LogP contribution is -2.32. The van der Waals surface area contributed by atoms with Crippen LogP contribution in [-0.2, 0) is 22.6 Å². The molecular weight excluding hydrogens is 354 g/mol. The Bertz CT molecular complexity index is 982. The third kappa shape index (κ3) is 4.93. The predicted octanol–water partition coefficient (Wildman–Crippen LogP) is 5.58. The van der Waals surface area contributed by atoms with Gasteiger partial charge in [-0.25, -0.2) is 4.79 Å². The highest BCUT2D eigenvalue weighted by Crippen LogP contribution is 2.33. The lowest BCUT2D eigenvalue weighted by Gasteiger charge is -2.19. The van der Waals surface area contributed by atoms with Crippen LogP contribution in [0.5, 0.6) is 0 Å². The van der Waals surface area contributed by atoms with Gasteiger partial charge in [0.25, 0.3) is 0 Å². The van der Waals surface area contributed by atoms with Crippen molar-refractivity contribution in [1.29, 1.82) is 0 Å². The SMILES string of the molecule is COCc1cc(-c2cccc(CNC(=O)OC(C)(C)C)c2)c2oc(C)cc2c1. The van der Waals surface area contributed by atoms with Crippen molar-refractivity contribution < 1.29 is 18.7 Å². The summed E-state index contributed by atoms with van der Waals surface area (Å²) in [7, 11) is 1.69. The number of rotatable bonds is 5. The van der Waals surface area contributed by atoms with Crippen LogP contribution < -0.4 is 5.32 Å². The van der Waals surface area contributed by atoms with Crippen LogP contribution in [0.3, 0.4) is 0 Å². The molecule has 1 aromatic heterocycles. The number of aryl methyl sites for hydroxylation is 1. The van der Waals surface area contributed by atoms with E-state index in [1.807, 2.05) is 52.0 Å². The summed E-state index contributed by atoms with van der Waals surface area (Å²) in [5.74, 6) is 0.869. The normalized spacial score (nSPS) is 11.6. The Morgan fingerprint density at radius 3 is 2.61 bits per heavy atom. The van der Waals surface area contributed by atoms with Crippen molar-refractivity contribution in [3.63, 3.8) is 0 Å². The smallest absolute Gasteiger partial charge is 0.407 e. The number of carbonyl (C=O) groups excluding carboxylic acids is 1. The Kier molecular flexibility index (Phi) is 5.75. The third-order valence-electron chi connectivity index (χ3n) is 4.18. The van der Waals surface area contributed by atoms with E-state index in [9.17, 15) is 4.79 Å². The van der Waals surface area contributed by atoms with Gasteiger partial charge in [0.1, 0.15) is 16.9 Å². The summed E-state index contributed by atoms with van der Waals surface area (Å²) in [6.07, 6.45) is -0.427. The highest BCUT2D eigenvalue weighted by molar-refractivity contribution is 5.93. The van der Waals surface area contributed by atoms with Gasteiger partial charge >= 0.3 is 6.09 Å². The summed E-state index contributed by atoms with van der Waals surface area (Å²) in [6.45, 7) is 8.40. The molecule has 2 aromatic carbocycles. The predicted molar refractivity (Wildman–Crippen MR) is 110 cm³/mol. The van der Waals surface area contributed by atoms with Gasteiger partial charge < -0.3 is 19.2 Å². The molecule has 0 bridgehead atoms. The molecule has 148 valence electrons. The van der Waals surface area contributed by atoms with Crippen LogP contribution in [0, 0.1) is 6.92 Å². The van der Waals surface area contributed by atoms with Crippen molar-refractivity contribution >= 4 is 17.1 Å². The number of methoxy groups -OCH3 is 1. The summed E-state index contributed by atoms with van der Waals surface area (Å²) >= 11 is 0. The highest BCUT2D eigenvalue weighted by Gasteiger charge is 2.16. The molecule has 3 aromatic rings. The largest absolute Gasteiger partial charge is 0.461 e. The van der Waals surface area contributed by atoms with Crippen molar-refractivity contribution in [3.05, 3.63) is 59.4 Å². The fourth-order valence-corrected chi connectivity index (χ4v) is 3.15. The fraction of sp³-hybridized carbons (Fsp3) is 0.348. The number of hydrogen-bond donors (Lipinski definition) is 1. The van der Waals surface area contributed by atoms with Crippen LogP contribution in [0.2, 0.25) is 0 Å². The zero-order valence-corrected chi connectivity index (χ0v) is 17.1. The van der Waals surface area contributed by atoms with E-state index in [4.69, 9.17) is 13.9 Å². The molecule has 0 aliphatic heterocycles. The number of furan rings is 1. The number of benzene rings is 2. The van der Waals surface area contributed by atoms with Gasteiger partial charge in [-0.3, -0.25) is 0 Å². The lowest BCUT2D eigenvalue weighted by atomic mass is 9.99. The molecule has 1 amide bonds. The summed E-state index contributed by atoms with van der Waals surface area (Å²) < 4.78 is 16.6. The van der Waals surface area contributed by atoms with Crippen molar-refractivity contribution in [1.82, 2.24) is 5.32 Å². The van der Waals surface area contributed by atoms with Crippen LogP contribution >= 0.6 is 0 Å². The summed E-state index contributed by atoms with van der Waals surface area (Å²) in [5.41, 5.74) is 4.45. The zero-order valence-electron chi connectivity index (χ0n) is 17.1. The topological polar surface area (TPSA) is 60.7 Å². The monoisotopic (exact) mass is 381 g/mol. The van der Waals surface area contributed by atoms with Gasteiger partial charge in [-0.05, 0) is 68.7 Å². The van der Waals surface area contributed by atoms with Crippen LogP contribution in [0.1, 0.15) is 37.7 Å². The van der Waals surface area contributed by atoms with Gasteiger partial charge in [0.05, 0.1) is 6.61 Å². The lowest BCUT2D eigenvalue weighted by molar-refractivity contribution is 0.0523. The second kappa shape index (κ2) is 8.07. The molecule has 28 heavy (non-hydrogen) atoms. The molecule has 0 fully saturated rings. The molecule has 5 heteroatoms. The maximum atomic E-state index is 11.9. The number of fused-ring (bicyclic) bond motifs is 1. The minimum atomic E-state index is -0.517. The number of ether oxygens (including phenoxy) is 2. The second-order valence-corrected chi connectivity index (χ2v) is 7.91. The Labute approximate surface area is 165 Å². The molecule has 0 atom stereocenters. The number of amides is 1. The molecule has 5 nitrogen and oxygen atoms in total. The molecule has 0 aliphatic rings. The number of hydrogen-bond acceptors (Lipinski definition) is 4. The Morgan fingerprint density at radius 1 is 1.11 bits per heavy atom. The first-order chi connectivity index (χ1) is 13.2. The number of nitrogens with one attached hydrogen (secondary N) is 1. The maximum absolute atomic E-state index is 11.9. The van der Waals surface area contributed by atoms with Crippen molar-refractivity contribution in [2.75, 3.05) is 7.11 Å². The van der Waals surface area contributed by atoms with Crippen molar-refractivity contribution in [2.45, 2.75) is 46.4 Å². The van der Waals surface area contributed by atoms with Crippen molar-refractivity contribution in [3.8, 4) is 11.1 Å². The van der Waals surface area contributed by atoms with Crippen molar-refractivity contribution in [2.24, 2.45) is 0 Å². The average Bonchev–Trinajstić information content (AvgIpc) is 2.98. The average molecular weight is 381 g/mol.